The number of ether oxygens (including phenoxy) is 1. The van der Waals surface area contributed by atoms with Crippen LogP contribution >= 0.6 is 0 Å². The quantitative estimate of drug-likeness (QED) is 0.767. The van der Waals surface area contributed by atoms with Crippen molar-refractivity contribution in [2.24, 2.45) is 0 Å². The molecule has 8 heteroatoms. The van der Waals surface area contributed by atoms with Gasteiger partial charge in [-0.3, -0.25) is 14.7 Å². The molecule has 1 atom stereocenters. The van der Waals surface area contributed by atoms with E-state index in [0.717, 1.165) is 18.4 Å². The van der Waals surface area contributed by atoms with Crippen molar-refractivity contribution in [2.75, 3.05) is 11.9 Å². The van der Waals surface area contributed by atoms with Crippen LogP contribution in [0.4, 0.5) is 5.95 Å². The summed E-state index contributed by atoms with van der Waals surface area (Å²) < 4.78 is 12.7. The number of hydrogen-bond donors (Lipinski definition) is 1. The fraction of sp³-hybridized carbons (Fsp3) is 0.294. The lowest BCUT2D eigenvalue weighted by Crippen LogP contribution is -2.18. The molecule has 1 saturated heterocycles. The van der Waals surface area contributed by atoms with Gasteiger partial charge in [0, 0.05) is 6.61 Å². The Hall–Kier alpha value is -3.00. The molecule has 1 fully saturated rings. The number of rotatable bonds is 5. The van der Waals surface area contributed by atoms with Crippen molar-refractivity contribution in [3.63, 3.8) is 0 Å². The maximum Gasteiger partial charge on any atom is 0.280 e. The number of nitrogens with one attached hydrogen (secondary N) is 1. The van der Waals surface area contributed by atoms with E-state index in [2.05, 4.69) is 20.5 Å². The molecule has 4 rings (SSSR count). The first kappa shape index (κ1) is 15.5. The molecule has 1 aliphatic rings. The minimum absolute atomic E-state index is 0.217. The van der Waals surface area contributed by atoms with E-state index in [1.165, 1.54) is 6.39 Å². The van der Waals surface area contributed by atoms with Gasteiger partial charge in [-0.2, -0.15) is 0 Å². The van der Waals surface area contributed by atoms with E-state index < -0.39 is 0 Å². The molecule has 3 aromatic rings. The molecule has 8 nitrogen and oxygen atoms in total. The standard InChI is InChI=1S/C17H17N5O3/c23-16(14-15(25-11-18-14)13-7-4-8-24-13)20-17-21-19-10-22(17)9-12-5-2-1-3-6-12/h1-3,5-6,10-11,13H,4,7-9H2,(H,20,21,23). The van der Waals surface area contributed by atoms with Crippen molar-refractivity contribution >= 4 is 11.9 Å². The number of carbonyl (C=O) groups excluding carboxylic acids is 1. The highest BCUT2D eigenvalue weighted by atomic mass is 16.5. The van der Waals surface area contributed by atoms with Gasteiger partial charge in [-0.25, -0.2) is 4.98 Å². The van der Waals surface area contributed by atoms with Crippen LogP contribution in [0.5, 0.6) is 0 Å². The number of amides is 1. The number of nitrogens with zero attached hydrogens (tertiary/aromatic N) is 4. The molecule has 0 bridgehead atoms. The highest BCUT2D eigenvalue weighted by Crippen LogP contribution is 2.30. The lowest BCUT2D eigenvalue weighted by atomic mass is 10.1. The third-order valence-corrected chi connectivity index (χ3v) is 4.07. The van der Waals surface area contributed by atoms with Gasteiger partial charge in [-0.05, 0) is 18.4 Å². The largest absolute Gasteiger partial charge is 0.445 e. The second-order valence-corrected chi connectivity index (χ2v) is 5.79. The van der Waals surface area contributed by atoms with Gasteiger partial charge in [0.1, 0.15) is 12.4 Å². The predicted octanol–water partition coefficient (Wildman–Crippen LogP) is 2.42. The molecular formula is C17H17N5O3. The smallest absolute Gasteiger partial charge is 0.280 e. The van der Waals surface area contributed by atoms with Gasteiger partial charge >= 0.3 is 0 Å². The molecule has 0 radical (unpaired) electrons. The van der Waals surface area contributed by atoms with Crippen LogP contribution in [-0.2, 0) is 11.3 Å². The molecule has 1 unspecified atom stereocenters. The number of hydrogen-bond acceptors (Lipinski definition) is 6. The number of benzene rings is 1. The van der Waals surface area contributed by atoms with Crippen LogP contribution in [-0.4, -0.2) is 32.3 Å². The fourth-order valence-electron chi connectivity index (χ4n) is 2.85. The summed E-state index contributed by atoms with van der Waals surface area (Å²) in [5, 5.41) is 10.6. The SMILES string of the molecule is O=C(Nc1nncn1Cc1ccccc1)c1ncoc1C1CCCO1. The third-order valence-electron chi connectivity index (χ3n) is 4.07. The second kappa shape index (κ2) is 6.86. The first-order valence-electron chi connectivity index (χ1n) is 8.09. The van der Waals surface area contributed by atoms with E-state index in [1.54, 1.807) is 10.9 Å². The van der Waals surface area contributed by atoms with Crippen molar-refractivity contribution < 1.29 is 13.9 Å². The van der Waals surface area contributed by atoms with Gasteiger partial charge in [0.05, 0.1) is 6.54 Å². The molecular weight excluding hydrogens is 322 g/mol. The van der Waals surface area contributed by atoms with Gasteiger partial charge in [-0.15, -0.1) is 10.2 Å². The maximum atomic E-state index is 12.6. The van der Waals surface area contributed by atoms with Crippen molar-refractivity contribution in [3.05, 3.63) is 60.1 Å². The summed E-state index contributed by atoms with van der Waals surface area (Å²) in [6.07, 6.45) is 4.38. The zero-order valence-corrected chi connectivity index (χ0v) is 13.5. The Bertz CT molecular complexity index is 852. The Labute approximate surface area is 143 Å². The number of anilines is 1. The molecule has 1 N–H and O–H groups in total. The molecule has 0 saturated carbocycles. The van der Waals surface area contributed by atoms with E-state index in [1.807, 2.05) is 30.3 Å². The molecule has 128 valence electrons. The molecule has 3 heterocycles. The summed E-state index contributed by atoms with van der Waals surface area (Å²) in [6, 6.07) is 9.87. The topological polar surface area (TPSA) is 95.1 Å². The van der Waals surface area contributed by atoms with Crippen molar-refractivity contribution in [1.29, 1.82) is 0 Å². The van der Waals surface area contributed by atoms with Crippen LogP contribution in [0, 0.1) is 0 Å². The summed E-state index contributed by atoms with van der Waals surface area (Å²) in [4.78, 5) is 16.6. The molecule has 0 aliphatic carbocycles. The van der Waals surface area contributed by atoms with Crippen LogP contribution in [0.3, 0.4) is 0 Å². The zero-order chi connectivity index (χ0) is 17.1. The summed E-state index contributed by atoms with van der Waals surface area (Å²) in [7, 11) is 0. The van der Waals surface area contributed by atoms with Gasteiger partial charge < -0.3 is 9.15 Å². The van der Waals surface area contributed by atoms with Crippen LogP contribution in [0.2, 0.25) is 0 Å². The van der Waals surface area contributed by atoms with Crippen molar-refractivity contribution in [2.45, 2.75) is 25.5 Å². The van der Waals surface area contributed by atoms with E-state index in [4.69, 9.17) is 9.15 Å². The lowest BCUT2D eigenvalue weighted by Gasteiger charge is -2.09. The highest BCUT2D eigenvalue weighted by Gasteiger charge is 2.28. The molecule has 1 aliphatic heterocycles. The van der Waals surface area contributed by atoms with E-state index >= 15 is 0 Å². The zero-order valence-electron chi connectivity index (χ0n) is 13.5. The van der Waals surface area contributed by atoms with E-state index in [0.29, 0.717) is 24.9 Å². The van der Waals surface area contributed by atoms with Gasteiger partial charge in [0.15, 0.2) is 17.8 Å². The van der Waals surface area contributed by atoms with Crippen LogP contribution in [0.1, 0.15) is 40.8 Å². The minimum Gasteiger partial charge on any atom is -0.445 e. The molecule has 25 heavy (non-hydrogen) atoms. The van der Waals surface area contributed by atoms with Gasteiger partial charge in [0.25, 0.3) is 5.91 Å². The van der Waals surface area contributed by atoms with Gasteiger partial charge in [0.2, 0.25) is 5.95 Å². The summed E-state index contributed by atoms with van der Waals surface area (Å²) in [6.45, 7) is 1.22. The Kier molecular flexibility index (Phi) is 4.26. The Balaban J connectivity index is 1.51. The maximum absolute atomic E-state index is 12.6. The third kappa shape index (κ3) is 3.29. The van der Waals surface area contributed by atoms with Crippen LogP contribution in [0.25, 0.3) is 0 Å². The second-order valence-electron chi connectivity index (χ2n) is 5.79. The molecule has 1 amide bonds. The Morgan fingerprint density at radius 1 is 1.32 bits per heavy atom. The fourth-order valence-corrected chi connectivity index (χ4v) is 2.85. The van der Waals surface area contributed by atoms with Crippen LogP contribution < -0.4 is 5.32 Å². The average Bonchev–Trinajstić information content (AvgIpc) is 3.37. The average molecular weight is 339 g/mol. The first-order chi connectivity index (χ1) is 12.3. The summed E-state index contributed by atoms with van der Waals surface area (Å²) >= 11 is 0. The number of aromatic nitrogens is 4. The number of oxazole rings is 1. The van der Waals surface area contributed by atoms with Gasteiger partial charge in [-0.1, -0.05) is 30.3 Å². The van der Waals surface area contributed by atoms with Crippen molar-refractivity contribution in [3.8, 4) is 0 Å². The Morgan fingerprint density at radius 2 is 2.20 bits per heavy atom. The van der Waals surface area contributed by atoms with Crippen molar-refractivity contribution in [1.82, 2.24) is 19.7 Å². The first-order valence-corrected chi connectivity index (χ1v) is 8.09. The lowest BCUT2D eigenvalue weighted by molar-refractivity contribution is 0.0889. The number of carbonyl (C=O) groups is 1. The molecule has 2 aromatic heterocycles. The summed E-state index contributed by atoms with van der Waals surface area (Å²) in [5.74, 6) is 0.431. The minimum atomic E-state index is -0.387. The molecule has 0 spiro atoms. The monoisotopic (exact) mass is 339 g/mol. The summed E-state index contributed by atoms with van der Waals surface area (Å²) in [5.41, 5.74) is 1.31. The highest BCUT2D eigenvalue weighted by molar-refractivity contribution is 6.02. The normalized spacial score (nSPS) is 16.9. The van der Waals surface area contributed by atoms with E-state index in [9.17, 15) is 4.79 Å². The molecule has 1 aromatic carbocycles. The van der Waals surface area contributed by atoms with Crippen LogP contribution in [0.15, 0.2) is 47.5 Å². The predicted molar refractivity (Wildman–Crippen MR) is 87.9 cm³/mol. The van der Waals surface area contributed by atoms with E-state index in [-0.39, 0.29) is 17.7 Å². The Morgan fingerprint density at radius 3 is 3.00 bits per heavy atom.